The van der Waals surface area contributed by atoms with Crippen LogP contribution in [0.2, 0.25) is 0 Å². The summed E-state index contributed by atoms with van der Waals surface area (Å²) in [7, 11) is 0. The van der Waals surface area contributed by atoms with Gasteiger partial charge in [0.1, 0.15) is 6.04 Å². The first kappa shape index (κ1) is 18.1. The van der Waals surface area contributed by atoms with E-state index in [2.05, 4.69) is 4.98 Å². The molecule has 29 heavy (non-hydrogen) atoms. The van der Waals surface area contributed by atoms with Crippen molar-refractivity contribution in [3.63, 3.8) is 0 Å². The third-order valence-corrected chi connectivity index (χ3v) is 6.64. The SMILES string of the molecule is CC(=O)N1C[C@H]2C[C@@H](C1)[C@H](C(=O)N1CC(c3ccccn3)C1)n1c2cccc1=O. The fourth-order valence-corrected chi connectivity index (χ4v) is 5.16. The van der Waals surface area contributed by atoms with Gasteiger partial charge in [-0.05, 0) is 24.6 Å². The van der Waals surface area contributed by atoms with Crippen molar-refractivity contribution in [3.05, 3.63) is 64.3 Å². The first-order valence-corrected chi connectivity index (χ1v) is 10.2. The van der Waals surface area contributed by atoms with Crippen molar-refractivity contribution < 1.29 is 9.59 Å². The average Bonchev–Trinajstić information content (AvgIpc) is 2.68. The zero-order chi connectivity index (χ0) is 20.1. The van der Waals surface area contributed by atoms with Crippen LogP contribution in [0.5, 0.6) is 0 Å². The van der Waals surface area contributed by atoms with Crippen LogP contribution in [-0.2, 0) is 9.59 Å². The number of likely N-dealkylation sites (tertiary alicyclic amines) is 2. The molecule has 2 amide bonds. The van der Waals surface area contributed by atoms with Gasteiger partial charge in [0.15, 0.2) is 0 Å². The fourth-order valence-electron chi connectivity index (χ4n) is 5.16. The minimum absolute atomic E-state index is 0.0133. The predicted octanol–water partition coefficient (Wildman–Crippen LogP) is 1.38. The molecule has 0 N–H and O–H groups in total. The molecule has 2 aromatic rings. The average molecular weight is 392 g/mol. The number of pyridine rings is 2. The van der Waals surface area contributed by atoms with E-state index in [4.69, 9.17) is 0 Å². The predicted molar refractivity (Wildman–Crippen MR) is 106 cm³/mol. The Morgan fingerprint density at radius 3 is 2.48 bits per heavy atom. The van der Waals surface area contributed by atoms with Crippen LogP contribution >= 0.6 is 0 Å². The lowest BCUT2D eigenvalue weighted by Gasteiger charge is -2.49. The Hall–Kier alpha value is -2.96. The molecule has 0 aromatic carbocycles. The van der Waals surface area contributed by atoms with Gasteiger partial charge in [-0.25, -0.2) is 0 Å². The van der Waals surface area contributed by atoms with Crippen LogP contribution in [0.15, 0.2) is 47.4 Å². The topological polar surface area (TPSA) is 75.5 Å². The van der Waals surface area contributed by atoms with Crippen LogP contribution in [0.25, 0.3) is 0 Å². The van der Waals surface area contributed by atoms with Crippen LogP contribution in [0.1, 0.15) is 42.6 Å². The Morgan fingerprint density at radius 1 is 0.966 bits per heavy atom. The molecule has 3 aliphatic heterocycles. The molecule has 0 radical (unpaired) electrons. The standard InChI is InChI=1S/C22H24N4O3/c1-14(27)24-10-15-9-16(11-24)21(26-19(15)6-4-7-20(26)28)22(29)25-12-17(13-25)18-5-2-3-8-23-18/h2-8,15-17,21H,9-13H2,1H3/t15-,16+,21-/m1/s1. The minimum Gasteiger partial charge on any atom is -0.342 e. The molecule has 3 aliphatic rings. The number of hydrogen-bond donors (Lipinski definition) is 0. The Kier molecular flexibility index (Phi) is 4.26. The van der Waals surface area contributed by atoms with Gasteiger partial charge in [0.05, 0.1) is 0 Å². The van der Waals surface area contributed by atoms with E-state index < -0.39 is 6.04 Å². The highest BCUT2D eigenvalue weighted by Crippen LogP contribution is 2.42. The number of aromatic nitrogens is 2. The number of hydrogen-bond acceptors (Lipinski definition) is 4. The summed E-state index contributed by atoms with van der Waals surface area (Å²) in [6.07, 6.45) is 2.61. The van der Waals surface area contributed by atoms with Crippen molar-refractivity contribution in [1.82, 2.24) is 19.4 Å². The van der Waals surface area contributed by atoms with Crippen molar-refractivity contribution >= 4 is 11.8 Å². The normalized spacial score (nSPS) is 25.9. The maximum absolute atomic E-state index is 13.5. The summed E-state index contributed by atoms with van der Waals surface area (Å²) < 4.78 is 1.70. The zero-order valence-corrected chi connectivity index (χ0v) is 16.4. The molecule has 0 aliphatic carbocycles. The van der Waals surface area contributed by atoms with Gasteiger partial charge in [-0.2, -0.15) is 0 Å². The van der Waals surface area contributed by atoms with Crippen LogP contribution in [0.4, 0.5) is 0 Å². The molecule has 5 heterocycles. The highest BCUT2D eigenvalue weighted by atomic mass is 16.2. The lowest BCUT2D eigenvalue weighted by molar-refractivity contribution is -0.145. The fraction of sp³-hybridized carbons (Fsp3) is 0.455. The molecule has 2 fully saturated rings. The molecular weight excluding hydrogens is 368 g/mol. The first-order chi connectivity index (χ1) is 14.0. The van der Waals surface area contributed by atoms with Crippen molar-refractivity contribution in [2.24, 2.45) is 5.92 Å². The number of nitrogens with zero attached hydrogens (tertiary/aromatic N) is 4. The molecule has 2 bridgehead atoms. The number of piperidine rings is 1. The van der Waals surface area contributed by atoms with Crippen molar-refractivity contribution in [3.8, 4) is 0 Å². The van der Waals surface area contributed by atoms with E-state index in [0.29, 0.717) is 26.2 Å². The highest BCUT2D eigenvalue weighted by molar-refractivity contribution is 5.82. The van der Waals surface area contributed by atoms with Gasteiger partial charge in [-0.15, -0.1) is 0 Å². The monoisotopic (exact) mass is 392 g/mol. The van der Waals surface area contributed by atoms with E-state index in [0.717, 1.165) is 17.8 Å². The van der Waals surface area contributed by atoms with Crippen LogP contribution in [0, 0.1) is 5.92 Å². The second kappa shape index (κ2) is 6.83. The summed E-state index contributed by atoms with van der Waals surface area (Å²) in [5, 5.41) is 0. The van der Waals surface area contributed by atoms with Crippen LogP contribution in [0.3, 0.4) is 0 Å². The lowest BCUT2D eigenvalue weighted by atomic mass is 9.77. The third-order valence-electron chi connectivity index (χ3n) is 6.64. The summed E-state index contributed by atoms with van der Waals surface area (Å²) in [4.78, 5) is 46.3. The number of rotatable bonds is 2. The maximum atomic E-state index is 13.5. The number of carbonyl (C=O) groups is 2. The van der Waals surface area contributed by atoms with Gasteiger partial charge >= 0.3 is 0 Å². The maximum Gasteiger partial charge on any atom is 0.251 e. The molecule has 3 atom stereocenters. The van der Waals surface area contributed by atoms with Gasteiger partial charge in [-0.1, -0.05) is 12.1 Å². The van der Waals surface area contributed by atoms with Gasteiger partial charge in [0.25, 0.3) is 5.56 Å². The molecule has 150 valence electrons. The second-order valence-electron chi connectivity index (χ2n) is 8.42. The summed E-state index contributed by atoms with van der Waals surface area (Å²) in [6.45, 7) is 3.96. The molecule has 2 saturated heterocycles. The molecule has 0 saturated carbocycles. The quantitative estimate of drug-likeness (QED) is 0.774. The summed E-state index contributed by atoms with van der Waals surface area (Å²) in [6, 6.07) is 10.5. The van der Waals surface area contributed by atoms with Gasteiger partial charge < -0.3 is 9.80 Å². The molecule has 2 aromatic heterocycles. The van der Waals surface area contributed by atoms with E-state index in [-0.39, 0.29) is 35.1 Å². The third kappa shape index (κ3) is 2.96. The molecular formula is C22H24N4O3. The van der Waals surface area contributed by atoms with E-state index >= 15 is 0 Å². The minimum atomic E-state index is -0.540. The van der Waals surface area contributed by atoms with E-state index in [1.165, 1.54) is 6.07 Å². The summed E-state index contributed by atoms with van der Waals surface area (Å²) >= 11 is 0. The Bertz CT molecular complexity index is 1010. The number of fused-ring (bicyclic) bond motifs is 4. The van der Waals surface area contributed by atoms with E-state index in [1.807, 2.05) is 34.1 Å². The van der Waals surface area contributed by atoms with Crippen molar-refractivity contribution in [2.45, 2.75) is 31.2 Å². The van der Waals surface area contributed by atoms with Crippen molar-refractivity contribution in [2.75, 3.05) is 26.2 Å². The van der Waals surface area contributed by atoms with Gasteiger partial charge in [0, 0.05) is 74.5 Å². The Balaban J connectivity index is 1.44. The Morgan fingerprint density at radius 2 is 1.76 bits per heavy atom. The van der Waals surface area contributed by atoms with Crippen molar-refractivity contribution in [1.29, 1.82) is 0 Å². The van der Waals surface area contributed by atoms with E-state index in [1.54, 1.807) is 23.8 Å². The van der Waals surface area contributed by atoms with Gasteiger partial charge in [0.2, 0.25) is 11.8 Å². The molecule has 5 rings (SSSR count). The smallest absolute Gasteiger partial charge is 0.251 e. The summed E-state index contributed by atoms with van der Waals surface area (Å²) in [5.74, 6) is 0.320. The highest BCUT2D eigenvalue weighted by Gasteiger charge is 2.47. The molecule has 7 nitrogen and oxygen atoms in total. The Labute approximate surface area is 169 Å². The number of carbonyl (C=O) groups excluding carboxylic acids is 2. The largest absolute Gasteiger partial charge is 0.342 e. The summed E-state index contributed by atoms with van der Waals surface area (Å²) in [5.41, 5.74) is 1.74. The molecule has 0 spiro atoms. The second-order valence-corrected chi connectivity index (χ2v) is 8.42. The first-order valence-electron chi connectivity index (χ1n) is 10.2. The van der Waals surface area contributed by atoms with E-state index in [9.17, 15) is 14.4 Å². The number of amides is 2. The zero-order valence-electron chi connectivity index (χ0n) is 16.4. The molecule has 0 unspecified atom stereocenters. The molecule has 7 heteroatoms. The van der Waals surface area contributed by atoms with Crippen LogP contribution < -0.4 is 5.56 Å². The van der Waals surface area contributed by atoms with Crippen LogP contribution in [-0.4, -0.2) is 57.3 Å². The van der Waals surface area contributed by atoms with Gasteiger partial charge in [-0.3, -0.25) is 23.9 Å². The lowest BCUT2D eigenvalue weighted by Crippen LogP contribution is -2.58.